The number of rotatable bonds is 6. The molecule has 0 amide bonds. The highest BCUT2D eigenvalue weighted by Crippen LogP contribution is 2.29. The van der Waals surface area contributed by atoms with Crippen LogP contribution in [0.4, 0.5) is 0 Å². The predicted octanol–water partition coefficient (Wildman–Crippen LogP) is 3.63. The minimum absolute atomic E-state index is 0.111. The van der Waals surface area contributed by atoms with E-state index in [0.29, 0.717) is 13.2 Å². The number of benzene rings is 1. The molecule has 2 rings (SSSR count). The monoisotopic (exact) mass is 297 g/mol. The molecule has 102 valence electrons. The molecule has 19 heavy (non-hydrogen) atoms. The minimum atomic E-state index is -0.111. The van der Waals surface area contributed by atoms with Crippen molar-refractivity contribution < 1.29 is 9.47 Å². The van der Waals surface area contributed by atoms with E-state index in [0.717, 1.165) is 20.5 Å². The molecule has 0 aliphatic carbocycles. The largest absolute Gasteiger partial charge is 0.497 e. The number of hydrogen-bond acceptors (Lipinski definition) is 4. The molecule has 0 saturated carbocycles. The Kier molecular flexibility index (Phi) is 5.22. The first-order chi connectivity index (χ1) is 9.22. The van der Waals surface area contributed by atoms with Crippen molar-refractivity contribution in [2.45, 2.75) is 12.7 Å². The molecular weight excluding hydrogens is 282 g/mol. The number of thiophene rings is 1. The molecule has 2 N–H and O–H groups in total. The average molecular weight is 298 g/mol. The zero-order valence-electron chi connectivity index (χ0n) is 10.6. The average Bonchev–Trinajstić information content (AvgIpc) is 2.87. The van der Waals surface area contributed by atoms with Gasteiger partial charge >= 0.3 is 0 Å². The first-order valence-electron chi connectivity index (χ1n) is 5.92. The van der Waals surface area contributed by atoms with Crippen LogP contribution < -0.4 is 10.5 Å². The van der Waals surface area contributed by atoms with E-state index in [1.807, 2.05) is 36.4 Å². The number of methoxy groups -OCH3 is 1. The molecule has 5 heteroatoms. The Balaban J connectivity index is 1.95. The quantitative estimate of drug-likeness (QED) is 0.885. The highest BCUT2D eigenvalue weighted by molar-refractivity contribution is 7.16. The number of halogens is 1. The fourth-order valence-corrected chi connectivity index (χ4v) is 2.81. The van der Waals surface area contributed by atoms with E-state index in [9.17, 15) is 0 Å². The van der Waals surface area contributed by atoms with Crippen molar-refractivity contribution in [3.8, 4) is 5.75 Å². The molecule has 3 nitrogen and oxygen atoms in total. The Morgan fingerprint density at radius 3 is 2.47 bits per heavy atom. The SMILES string of the molecule is COc1ccc(COC(CN)c2ccc(Cl)s2)cc1. The van der Waals surface area contributed by atoms with Crippen LogP contribution in [-0.4, -0.2) is 13.7 Å². The van der Waals surface area contributed by atoms with Crippen molar-refractivity contribution in [1.29, 1.82) is 0 Å². The molecule has 1 aromatic carbocycles. The van der Waals surface area contributed by atoms with E-state index in [1.165, 1.54) is 11.3 Å². The molecule has 0 bridgehead atoms. The van der Waals surface area contributed by atoms with Gasteiger partial charge in [-0.2, -0.15) is 0 Å². The molecular formula is C14H16ClNO2S. The Morgan fingerprint density at radius 1 is 1.21 bits per heavy atom. The summed E-state index contributed by atoms with van der Waals surface area (Å²) in [6.45, 7) is 0.953. The summed E-state index contributed by atoms with van der Waals surface area (Å²) >= 11 is 7.42. The maximum Gasteiger partial charge on any atom is 0.118 e. The van der Waals surface area contributed by atoms with Gasteiger partial charge in [0.2, 0.25) is 0 Å². The Hall–Kier alpha value is -1.07. The Morgan fingerprint density at radius 2 is 1.95 bits per heavy atom. The van der Waals surface area contributed by atoms with Gasteiger partial charge in [0.1, 0.15) is 11.9 Å². The van der Waals surface area contributed by atoms with Crippen molar-refractivity contribution in [1.82, 2.24) is 0 Å². The van der Waals surface area contributed by atoms with Crippen molar-refractivity contribution >= 4 is 22.9 Å². The van der Waals surface area contributed by atoms with Gasteiger partial charge in [-0.3, -0.25) is 0 Å². The topological polar surface area (TPSA) is 44.5 Å². The molecule has 0 fully saturated rings. The summed E-state index contributed by atoms with van der Waals surface area (Å²) in [6, 6.07) is 11.6. The fraction of sp³-hybridized carbons (Fsp3) is 0.286. The molecule has 0 saturated heterocycles. The molecule has 0 aliphatic rings. The summed E-state index contributed by atoms with van der Waals surface area (Å²) in [5, 5.41) is 0. The van der Waals surface area contributed by atoms with Gasteiger partial charge < -0.3 is 15.2 Å². The smallest absolute Gasteiger partial charge is 0.118 e. The summed E-state index contributed by atoms with van der Waals surface area (Å²) in [5.74, 6) is 0.837. The maximum atomic E-state index is 5.92. The molecule has 1 aromatic heterocycles. The van der Waals surface area contributed by atoms with Crippen molar-refractivity contribution in [2.24, 2.45) is 5.73 Å². The van der Waals surface area contributed by atoms with Crippen molar-refractivity contribution in [2.75, 3.05) is 13.7 Å². The Bertz CT molecular complexity index is 512. The zero-order valence-corrected chi connectivity index (χ0v) is 12.2. The first kappa shape index (κ1) is 14.3. The van der Waals surface area contributed by atoms with Crippen LogP contribution in [0.3, 0.4) is 0 Å². The van der Waals surface area contributed by atoms with Crippen LogP contribution in [0, 0.1) is 0 Å². The van der Waals surface area contributed by atoms with Gasteiger partial charge in [-0.05, 0) is 29.8 Å². The highest BCUT2D eigenvalue weighted by atomic mass is 35.5. The van der Waals surface area contributed by atoms with E-state index in [2.05, 4.69) is 0 Å². The van der Waals surface area contributed by atoms with Crippen LogP contribution in [0.25, 0.3) is 0 Å². The van der Waals surface area contributed by atoms with Gasteiger partial charge in [-0.25, -0.2) is 0 Å². The normalized spacial score (nSPS) is 12.4. The van der Waals surface area contributed by atoms with E-state index >= 15 is 0 Å². The third-order valence-electron chi connectivity index (χ3n) is 2.74. The lowest BCUT2D eigenvalue weighted by Crippen LogP contribution is -2.14. The highest BCUT2D eigenvalue weighted by Gasteiger charge is 2.12. The van der Waals surface area contributed by atoms with Crippen LogP contribution in [0.5, 0.6) is 5.75 Å². The van der Waals surface area contributed by atoms with Gasteiger partial charge in [0.15, 0.2) is 0 Å². The zero-order chi connectivity index (χ0) is 13.7. The number of ether oxygens (including phenoxy) is 2. The predicted molar refractivity (Wildman–Crippen MR) is 78.9 cm³/mol. The second-order valence-corrected chi connectivity index (χ2v) is 5.77. The van der Waals surface area contributed by atoms with Crippen LogP contribution in [0.1, 0.15) is 16.5 Å². The molecule has 2 aromatic rings. The molecule has 1 unspecified atom stereocenters. The molecule has 0 radical (unpaired) electrons. The van der Waals surface area contributed by atoms with Crippen LogP contribution in [0.2, 0.25) is 4.34 Å². The lowest BCUT2D eigenvalue weighted by molar-refractivity contribution is 0.0480. The van der Waals surface area contributed by atoms with E-state index in [1.54, 1.807) is 7.11 Å². The van der Waals surface area contributed by atoms with Gasteiger partial charge in [0.05, 0.1) is 18.1 Å². The summed E-state index contributed by atoms with van der Waals surface area (Å²) in [5.41, 5.74) is 6.83. The molecule has 0 spiro atoms. The van der Waals surface area contributed by atoms with Crippen LogP contribution in [0.15, 0.2) is 36.4 Å². The van der Waals surface area contributed by atoms with E-state index in [-0.39, 0.29) is 6.10 Å². The molecule has 1 heterocycles. The maximum absolute atomic E-state index is 5.92. The van der Waals surface area contributed by atoms with Gasteiger partial charge in [0, 0.05) is 11.4 Å². The van der Waals surface area contributed by atoms with E-state index < -0.39 is 0 Å². The van der Waals surface area contributed by atoms with Gasteiger partial charge in [0.25, 0.3) is 0 Å². The standard InChI is InChI=1S/C14H16ClNO2S/c1-17-11-4-2-10(3-5-11)9-18-12(8-16)13-6-7-14(15)19-13/h2-7,12H,8-9,16H2,1H3. The summed E-state index contributed by atoms with van der Waals surface area (Å²) in [7, 11) is 1.65. The minimum Gasteiger partial charge on any atom is -0.497 e. The van der Waals surface area contributed by atoms with Crippen molar-refractivity contribution in [3.05, 3.63) is 51.2 Å². The van der Waals surface area contributed by atoms with E-state index in [4.69, 9.17) is 26.8 Å². The number of nitrogens with two attached hydrogens (primary N) is 1. The summed E-state index contributed by atoms with van der Waals surface area (Å²) in [4.78, 5) is 1.06. The van der Waals surface area contributed by atoms with Crippen LogP contribution in [-0.2, 0) is 11.3 Å². The lowest BCUT2D eigenvalue weighted by Gasteiger charge is -2.14. The van der Waals surface area contributed by atoms with Crippen molar-refractivity contribution in [3.63, 3.8) is 0 Å². The summed E-state index contributed by atoms with van der Waals surface area (Å²) < 4.78 is 11.7. The first-order valence-corrected chi connectivity index (χ1v) is 7.12. The second-order valence-electron chi connectivity index (χ2n) is 4.03. The third kappa shape index (κ3) is 3.94. The number of hydrogen-bond donors (Lipinski definition) is 1. The van der Waals surface area contributed by atoms with Gasteiger partial charge in [-0.1, -0.05) is 23.7 Å². The summed E-state index contributed by atoms with van der Waals surface area (Å²) in [6.07, 6.45) is -0.111. The fourth-order valence-electron chi connectivity index (χ4n) is 1.69. The molecule has 1 atom stereocenters. The van der Waals surface area contributed by atoms with Gasteiger partial charge in [-0.15, -0.1) is 11.3 Å². The molecule has 0 aliphatic heterocycles. The lowest BCUT2D eigenvalue weighted by atomic mass is 10.2. The second kappa shape index (κ2) is 6.91. The van der Waals surface area contributed by atoms with Crippen LogP contribution >= 0.6 is 22.9 Å². The Labute approximate surface area is 121 Å². The third-order valence-corrected chi connectivity index (χ3v) is 4.06.